The molecule has 1 aromatic rings. The SMILES string of the molecule is COC(=O)c1cccc(NC(=O)C(C)CCl)c1. The van der Waals surface area contributed by atoms with Crippen LogP contribution in [-0.4, -0.2) is 24.9 Å². The van der Waals surface area contributed by atoms with E-state index in [9.17, 15) is 9.59 Å². The standard InChI is InChI=1S/C12H14ClNO3/c1-8(7-13)11(15)14-10-5-3-4-9(6-10)12(16)17-2/h3-6,8H,7H2,1-2H3,(H,14,15). The average molecular weight is 256 g/mol. The highest BCUT2D eigenvalue weighted by Gasteiger charge is 2.12. The molecule has 0 bridgehead atoms. The zero-order chi connectivity index (χ0) is 12.8. The molecule has 0 saturated heterocycles. The first-order valence-corrected chi connectivity index (χ1v) is 5.67. The third-order valence-corrected chi connectivity index (χ3v) is 2.69. The van der Waals surface area contributed by atoms with Crippen LogP contribution in [0.2, 0.25) is 0 Å². The summed E-state index contributed by atoms with van der Waals surface area (Å²) in [6, 6.07) is 6.55. The summed E-state index contributed by atoms with van der Waals surface area (Å²) >= 11 is 5.58. The molecule has 1 amide bonds. The van der Waals surface area contributed by atoms with Crippen LogP contribution in [0.1, 0.15) is 17.3 Å². The minimum absolute atomic E-state index is 0.179. The minimum atomic E-state index is -0.438. The lowest BCUT2D eigenvalue weighted by atomic mass is 10.1. The van der Waals surface area contributed by atoms with E-state index in [0.29, 0.717) is 11.3 Å². The van der Waals surface area contributed by atoms with Crippen LogP contribution in [-0.2, 0) is 9.53 Å². The Labute approximate surface area is 105 Å². The van der Waals surface area contributed by atoms with E-state index in [1.165, 1.54) is 7.11 Å². The maximum Gasteiger partial charge on any atom is 0.337 e. The van der Waals surface area contributed by atoms with Crippen LogP contribution < -0.4 is 5.32 Å². The third kappa shape index (κ3) is 3.75. The topological polar surface area (TPSA) is 55.4 Å². The fourth-order valence-corrected chi connectivity index (χ4v) is 1.32. The van der Waals surface area contributed by atoms with Gasteiger partial charge in [0.2, 0.25) is 5.91 Å². The molecule has 1 atom stereocenters. The fraction of sp³-hybridized carbons (Fsp3) is 0.333. The number of carbonyl (C=O) groups is 2. The van der Waals surface area contributed by atoms with E-state index in [-0.39, 0.29) is 17.7 Å². The number of carbonyl (C=O) groups excluding carboxylic acids is 2. The second-order valence-corrected chi connectivity index (χ2v) is 3.93. The Hall–Kier alpha value is -1.55. The van der Waals surface area contributed by atoms with Crippen molar-refractivity contribution in [3.05, 3.63) is 29.8 Å². The largest absolute Gasteiger partial charge is 0.465 e. The van der Waals surface area contributed by atoms with Gasteiger partial charge in [-0.1, -0.05) is 13.0 Å². The maximum atomic E-state index is 11.6. The molecule has 1 aromatic carbocycles. The van der Waals surface area contributed by atoms with Gasteiger partial charge in [0.25, 0.3) is 0 Å². The molecular weight excluding hydrogens is 242 g/mol. The van der Waals surface area contributed by atoms with Gasteiger partial charge in [0.15, 0.2) is 0 Å². The Balaban J connectivity index is 2.79. The molecule has 4 nitrogen and oxygen atoms in total. The number of benzene rings is 1. The van der Waals surface area contributed by atoms with E-state index in [1.54, 1.807) is 31.2 Å². The monoisotopic (exact) mass is 255 g/mol. The van der Waals surface area contributed by atoms with Gasteiger partial charge < -0.3 is 10.1 Å². The van der Waals surface area contributed by atoms with Crippen molar-refractivity contribution >= 4 is 29.2 Å². The summed E-state index contributed by atoms with van der Waals surface area (Å²) in [4.78, 5) is 22.9. The predicted octanol–water partition coefficient (Wildman–Crippen LogP) is 2.29. The van der Waals surface area contributed by atoms with Crippen molar-refractivity contribution < 1.29 is 14.3 Å². The van der Waals surface area contributed by atoms with Crippen molar-refractivity contribution in [3.8, 4) is 0 Å². The molecule has 0 aliphatic rings. The molecule has 0 saturated carbocycles. The number of amides is 1. The number of alkyl halides is 1. The molecule has 92 valence electrons. The molecular formula is C12H14ClNO3. The zero-order valence-corrected chi connectivity index (χ0v) is 10.5. The van der Waals surface area contributed by atoms with Crippen LogP contribution in [0.4, 0.5) is 5.69 Å². The minimum Gasteiger partial charge on any atom is -0.465 e. The van der Waals surface area contributed by atoms with Gasteiger partial charge in [-0.05, 0) is 18.2 Å². The first-order valence-electron chi connectivity index (χ1n) is 5.13. The number of nitrogens with one attached hydrogen (secondary N) is 1. The van der Waals surface area contributed by atoms with Gasteiger partial charge in [-0.2, -0.15) is 0 Å². The van der Waals surface area contributed by atoms with Gasteiger partial charge in [0.05, 0.1) is 12.7 Å². The number of esters is 1. The van der Waals surface area contributed by atoms with Crippen molar-refractivity contribution in [1.29, 1.82) is 0 Å². The van der Waals surface area contributed by atoms with Crippen LogP contribution in [0.25, 0.3) is 0 Å². The summed E-state index contributed by atoms with van der Waals surface area (Å²) < 4.78 is 4.59. The van der Waals surface area contributed by atoms with E-state index in [0.717, 1.165) is 0 Å². The van der Waals surface area contributed by atoms with Crippen molar-refractivity contribution in [2.75, 3.05) is 18.3 Å². The predicted molar refractivity (Wildman–Crippen MR) is 66.3 cm³/mol. The maximum absolute atomic E-state index is 11.6. The normalized spacial score (nSPS) is 11.7. The Morgan fingerprint density at radius 3 is 2.76 bits per heavy atom. The van der Waals surface area contributed by atoms with Crippen molar-refractivity contribution in [2.24, 2.45) is 5.92 Å². The first kappa shape index (κ1) is 13.5. The van der Waals surface area contributed by atoms with E-state index >= 15 is 0 Å². The summed E-state index contributed by atoms with van der Waals surface area (Å²) in [6.07, 6.45) is 0. The van der Waals surface area contributed by atoms with Gasteiger partial charge in [0.1, 0.15) is 0 Å². The number of ether oxygens (including phenoxy) is 1. The summed E-state index contributed by atoms with van der Waals surface area (Å²) in [5.41, 5.74) is 0.943. The molecule has 0 spiro atoms. The number of rotatable bonds is 4. The molecule has 1 N–H and O–H groups in total. The Kier molecular flexibility index (Phi) is 4.97. The highest BCUT2D eigenvalue weighted by molar-refractivity contribution is 6.19. The molecule has 17 heavy (non-hydrogen) atoms. The average Bonchev–Trinajstić information content (AvgIpc) is 2.37. The molecule has 5 heteroatoms. The van der Waals surface area contributed by atoms with E-state index in [1.807, 2.05) is 0 Å². The fourth-order valence-electron chi connectivity index (χ4n) is 1.18. The van der Waals surface area contributed by atoms with E-state index < -0.39 is 5.97 Å². The highest BCUT2D eigenvalue weighted by Crippen LogP contribution is 2.13. The summed E-state index contributed by atoms with van der Waals surface area (Å²) in [6.45, 7) is 1.73. The molecule has 1 rings (SSSR count). The van der Waals surface area contributed by atoms with Crippen molar-refractivity contribution in [3.63, 3.8) is 0 Å². The molecule has 0 aliphatic carbocycles. The smallest absolute Gasteiger partial charge is 0.337 e. The molecule has 1 unspecified atom stereocenters. The zero-order valence-electron chi connectivity index (χ0n) is 9.70. The molecule has 0 fully saturated rings. The Morgan fingerprint density at radius 2 is 2.18 bits per heavy atom. The van der Waals surface area contributed by atoms with Gasteiger partial charge in [0, 0.05) is 17.5 Å². The third-order valence-electron chi connectivity index (χ3n) is 2.23. The molecule has 0 aliphatic heterocycles. The molecule has 0 aromatic heterocycles. The number of methoxy groups -OCH3 is 1. The van der Waals surface area contributed by atoms with Gasteiger partial charge >= 0.3 is 5.97 Å². The van der Waals surface area contributed by atoms with Gasteiger partial charge in [-0.15, -0.1) is 11.6 Å². The lowest BCUT2D eigenvalue weighted by molar-refractivity contribution is -0.118. The first-order chi connectivity index (χ1) is 8.08. The van der Waals surface area contributed by atoms with Crippen LogP contribution in [0.5, 0.6) is 0 Å². The number of anilines is 1. The van der Waals surface area contributed by atoms with Crippen molar-refractivity contribution in [2.45, 2.75) is 6.92 Å². The molecule has 0 heterocycles. The Bertz CT molecular complexity index is 420. The molecule has 0 radical (unpaired) electrons. The second kappa shape index (κ2) is 6.25. The van der Waals surface area contributed by atoms with Crippen LogP contribution in [0.3, 0.4) is 0 Å². The Morgan fingerprint density at radius 1 is 1.47 bits per heavy atom. The van der Waals surface area contributed by atoms with Crippen LogP contribution in [0.15, 0.2) is 24.3 Å². The summed E-state index contributed by atoms with van der Waals surface area (Å²) in [7, 11) is 1.31. The lowest BCUT2D eigenvalue weighted by Gasteiger charge is -2.09. The van der Waals surface area contributed by atoms with Crippen molar-refractivity contribution in [1.82, 2.24) is 0 Å². The van der Waals surface area contributed by atoms with Gasteiger partial charge in [-0.25, -0.2) is 4.79 Å². The summed E-state index contributed by atoms with van der Waals surface area (Å²) in [5.74, 6) is -0.644. The quantitative estimate of drug-likeness (QED) is 0.663. The van der Waals surface area contributed by atoms with Crippen LogP contribution >= 0.6 is 11.6 Å². The van der Waals surface area contributed by atoms with E-state index in [4.69, 9.17) is 11.6 Å². The second-order valence-electron chi connectivity index (χ2n) is 3.62. The van der Waals surface area contributed by atoms with E-state index in [2.05, 4.69) is 10.1 Å². The highest BCUT2D eigenvalue weighted by atomic mass is 35.5. The number of hydrogen-bond donors (Lipinski definition) is 1. The van der Waals surface area contributed by atoms with Gasteiger partial charge in [-0.3, -0.25) is 4.79 Å². The number of hydrogen-bond acceptors (Lipinski definition) is 3. The number of halogens is 1. The summed E-state index contributed by atoms with van der Waals surface area (Å²) in [5, 5.41) is 2.68. The lowest BCUT2D eigenvalue weighted by Crippen LogP contribution is -2.21. The van der Waals surface area contributed by atoms with Crippen LogP contribution in [0, 0.1) is 5.92 Å².